The maximum atomic E-state index is 10.4. The summed E-state index contributed by atoms with van der Waals surface area (Å²) in [4.78, 5) is 10.4. The van der Waals surface area contributed by atoms with Crippen LogP contribution in [0.5, 0.6) is 5.75 Å². The van der Waals surface area contributed by atoms with Gasteiger partial charge in [-0.1, -0.05) is 6.92 Å². The Morgan fingerprint density at radius 2 is 2.20 bits per heavy atom. The average Bonchev–Trinajstić information content (AvgIpc) is 3.13. The van der Waals surface area contributed by atoms with Crippen LogP contribution in [0.1, 0.15) is 31.7 Å². The Labute approximate surface area is 152 Å². The molecule has 25 heavy (non-hydrogen) atoms. The molecule has 0 radical (unpaired) electrons. The van der Waals surface area contributed by atoms with Crippen LogP contribution >= 0.6 is 12.2 Å². The highest BCUT2D eigenvalue weighted by Crippen LogP contribution is 2.14. The summed E-state index contributed by atoms with van der Waals surface area (Å²) >= 11 is 5.22. The van der Waals surface area contributed by atoms with Gasteiger partial charge in [-0.25, -0.2) is 0 Å². The highest BCUT2D eigenvalue weighted by molar-refractivity contribution is 7.80. The molecular formula is C17H22N3O4S-. The van der Waals surface area contributed by atoms with Crippen LogP contribution in [0.25, 0.3) is 0 Å². The highest BCUT2D eigenvalue weighted by atomic mass is 32.1. The average molecular weight is 364 g/mol. The van der Waals surface area contributed by atoms with Gasteiger partial charge in [-0.2, -0.15) is 5.10 Å². The van der Waals surface area contributed by atoms with E-state index in [0.29, 0.717) is 23.8 Å². The van der Waals surface area contributed by atoms with Crippen molar-refractivity contribution >= 4 is 29.0 Å². The van der Waals surface area contributed by atoms with E-state index in [9.17, 15) is 9.90 Å². The quantitative estimate of drug-likeness (QED) is 0.396. The minimum absolute atomic E-state index is 0.211. The number of benzene rings is 1. The fraction of sp³-hybridized carbons (Fsp3) is 0.471. The lowest BCUT2D eigenvalue weighted by Crippen LogP contribution is -2.37. The Hall–Kier alpha value is -2.19. The second-order valence-electron chi connectivity index (χ2n) is 5.55. The third-order valence-corrected chi connectivity index (χ3v) is 3.92. The largest absolute Gasteiger partial charge is 0.546 e. The number of carboxylic acids is 1. The van der Waals surface area contributed by atoms with Crippen LogP contribution in [0.15, 0.2) is 29.4 Å². The first-order chi connectivity index (χ1) is 12.1. The van der Waals surface area contributed by atoms with Gasteiger partial charge in [-0.05, 0) is 61.3 Å². The van der Waals surface area contributed by atoms with Gasteiger partial charge in [0, 0.05) is 13.2 Å². The summed E-state index contributed by atoms with van der Waals surface area (Å²) < 4.78 is 10.6. The summed E-state index contributed by atoms with van der Waals surface area (Å²) in [5, 5.41) is 18.3. The van der Waals surface area contributed by atoms with Gasteiger partial charge in [0.25, 0.3) is 0 Å². The number of hydrazone groups is 1. The van der Waals surface area contributed by atoms with Gasteiger partial charge in [-0.15, -0.1) is 0 Å². The number of rotatable bonds is 8. The lowest BCUT2D eigenvalue weighted by atomic mass is 10.1. The van der Waals surface area contributed by atoms with Crippen molar-refractivity contribution in [2.24, 2.45) is 5.10 Å². The molecule has 0 saturated carbocycles. The Morgan fingerprint density at radius 3 is 2.80 bits per heavy atom. The smallest absolute Gasteiger partial charge is 0.187 e. The molecule has 1 saturated heterocycles. The zero-order chi connectivity index (χ0) is 18.1. The molecule has 1 fully saturated rings. The predicted octanol–water partition coefficient (Wildman–Crippen LogP) is 0.573. The summed E-state index contributed by atoms with van der Waals surface area (Å²) in [5.41, 5.74) is 4.57. The van der Waals surface area contributed by atoms with Gasteiger partial charge < -0.3 is 24.7 Å². The van der Waals surface area contributed by atoms with Crippen LogP contribution in [-0.4, -0.2) is 42.7 Å². The molecule has 0 amide bonds. The summed E-state index contributed by atoms with van der Waals surface area (Å²) in [6.07, 6.45) is 3.06. The Kier molecular flexibility index (Phi) is 7.62. The maximum Gasteiger partial charge on any atom is 0.187 e. The first kappa shape index (κ1) is 19.1. The molecule has 136 valence electrons. The monoisotopic (exact) mass is 364 g/mol. The van der Waals surface area contributed by atoms with Crippen molar-refractivity contribution in [3.63, 3.8) is 0 Å². The molecule has 1 aromatic carbocycles. The van der Waals surface area contributed by atoms with Crippen LogP contribution in [0.4, 0.5) is 0 Å². The summed E-state index contributed by atoms with van der Waals surface area (Å²) in [5.74, 6) is -0.793. The van der Waals surface area contributed by atoms with E-state index in [-0.39, 0.29) is 6.10 Å². The first-order valence-corrected chi connectivity index (χ1v) is 8.64. The molecule has 1 atom stereocenters. The fourth-order valence-electron chi connectivity index (χ4n) is 2.40. The van der Waals surface area contributed by atoms with Crippen molar-refractivity contribution < 1.29 is 19.4 Å². The second kappa shape index (κ2) is 9.95. The van der Waals surface area contributed by atoms with Crippen LogP contribution in [-0.2, 0) is 9.53 Å². The van der Waals surface area contributed by atoms with E-state index in [1.165, 1.54) is 0 Å². The van der Waals surface area contributed by atoms with E-state index in [2.05, 4.69) is 15.8 Å². The molecule has 2 rings (SSSR count). The lowest BCUT2D eigenvalue weighted by molar-refractivity contribution is -0.307. The van der Waals surface area contributed by atoms with Crippen molar-refractivity contribution in [1.29, 1.82) is 0 Å². The molecule has 8 heteroatoms. The van der Waals surface area contributed by atoms with Crippen molar-refractivity contribution in [2.45, 2.75) is 32.3 Å². The number of ether oxygens (including phenoxy) is 2. The third kappa shape index (κ3) is 6.67. The number of hydrogen-bond acceptors (Lipinski definition) is 6. The SMILES string of the molecule is CC/C(=N/NC(=S)NC[C@@H]1CCCO1)c1ccc(OCC(=O)[O-])cc1. The Morgan fingerprint density at radius 1 is 1.44 bits per heavy atom. The van der Waals surface area contributed by atoms with Crippen LogP contribution in [0, 0.1) is 0 Å². The van der Waals surface area contributed by atoms with Crippen molar-refractivity contribution in [1.82, 2.24) is 10.7 Å². The molecular weight excluding hydrogens is 342 g/mol. The van der Waals surface area contributed by atoms with Gasteiger partial charge in [-0.3, -0.25) is 5.43 Å². The molecule has 0 aromatic heterocycles. The number of thiocarbonyl (C=S) groups is 1. The molecule has 0 spiro atoms. The number of carbonyl (C=O) groups is 1. The van der Waals surface area contributed by atoms with Gasteiger partial charge in [0.15, 0.2) is 5.11 Å². The molecule has 0 aliphatic carbocycles. The van der Waals surface area contributed by atoms with Gasteiger partial charge in [0.1, 0.15) is 12.4 Å². The number of carbonyl (C=O) groups excluding carboxylic acids is 1. The molecule has 2 N–H and O–H groups in total. The van der Waals surface area contributed by atoms with Crippen LogP contribution in [0.2, 0.25) is 0 Å². The summed E-state index contributed by atoms with van der Waals surface area (Å²) in [7, 11) is 0. The Balaban J connectivity index is 1.85. The van der Waals surface area contributed by atoms with Crippen LogP contribution < -0.4 is 20.6 Å². The maximum absolute atomic E-state index is 10.4. The standard InChI is InChI=1S/C17H23N3O4S/c1-2-15(12-5-7-13(8-6-12)24-11-16(21)22)19-20-17(25)18-10-14-4-3-9-23-14/h5-8,14H,2-4,9-11H2,1H3,(H,21,22)(H2,18,20,25)/p-1/b19-15-/t14-/m0/s1. The molecule has 0 unspecified atom stereocenters. The molecule has 1 heterocycles. The number of nitrogens with zero attached hydrogens (tertiary/aromatic N) is 1. The highest BCUT2D eigenvalue weighted by Gasteiger charge is 2.15. The third-order valence-electron chi connectivity index (χ3n) is 3.69. The fourth-order valence-corrected chi connectivity index (χ4v) is 2.53. The zero-order valence-corrected chi connectivity index (χ0v) is 14.9. The normalized spacial score (nSPS) is 17.2. The van der Waals surface area contributed by atoms with Crippen molar-refractivity contribution in [2.75, 3.05) is 19.8 Å². The van der Waals surface area contributed by atoms with Gasteiger partial charge >= 0.3 is 0 Å². The molecule has 1 aliphatic heterocycles. The molecule has 7 nitrogen and oxygen atoms in total. The van der Waals surface area contributed by atoms with Crippen molar-refractivity contribution in [3.05, 3.63) is 29.8 Å². The minimum atomic E-state index is -1.26. The summed E-state index contributed by atoms with van der Waals surface area (Å²) in [6, 6.07) is 7.02. The van der Waals surface area contributed by atoms with E-state index >= 15 is 0 Å². The predicted molar refractivity (Wildman–Crippen MR) is 96.5 cm³/mol. The number of carboxylic acid groups (broad SMARTS) is 1. The van der Waals surface area contributed by atoms with Gasteiger partial charge in [0.05, 0.1) is 17.8 Å². The number of aliphatic carboxylic acids is 1. The minimum Gasteiger partial charge on any atom is -0.546 e. The molecule has 0 bridgehead atoms. The summed E-state index contributed by atoms with van der Waals surface area (Å²) in [6.45, 7) is 3.00. The van der Waals surface area contributed by atoms with E-state index in [1.54, 1.807) is 12.1 Å². The van der Waals surface area contributed by atoms with Gasteiger partial charge in [0.2, 0.25) is 0 Å². The van der Waals surface area contributed by atoms with E-state index in [0.717, 1.165) is 30.7 Å². The molecule has 1 aliphatic rings. The topological polar surface area (TPSA) is 95.0 Å². The van der Waals surface area contributed by atoms with E-state index in [1.807, 2.05) is 19.1 Å². The van der Waals surface area contributed by atoms with E-state index < -0.39 is 12.6 Å². The lowest BCUT2D eigenvalue weighted by Gasteiger charge is -2.13. The van der Waals surface area contributed by atoms with Crippen molar-refractivity contribution in [3.8, 4) is 5.75 Å². The Bertz CT molecular complexity index is 613. The zero-order valence-electron chi connectivity index (χ0n) is 14.1. The molecule has 1 aromatic rings. The van der Waals surface area contributed by atoms with Crippen LogP contribution in [0.3, 0.4) is 0 Å². The second-order valence-corrected chi connectivity index (χ2v) is 5.96. The van der Waals surface area contributed by atoms with E-state index in [4.69, 9.17) is 21.7 Å². The number of hydrogen-bond donors (Lipinski definition) is 2. The first-order valence-electron chi connectivity index (χ1n) is 8.23. The number of nitrogens with one attached hydrogen (secondary N) is 2.